The standard InChI is InChI=1S/C12H15N5O2S/c1-7-13-11(17-19-7)12(4-3-5-12)14-9(18)6-10-16-15-8(2)20-10/h3-6H2,1-2H3,(H,14,18). The quantitative estimate of drug-likeness (QED) is 0.912. The second-order valence-electron chi connectivity index (χ2n) is 5.01. The molecule has 20 heavy (non-hydrogen) atoms. The van der Waals surface area contributed by atoms with Gasteiger partial charge in [-0.2, -0.15) is 4.98 Å². The van der Waals surface area contributed by atoms with E-state index in [1.807, 2.05) is 6.92 Å². The van der Waals surface area contributed by atoms with Gasteiger partial charge in [0.1, 0.15) is 15.6 Å². The van der Waals surface area contributed by atoms with Crippen LogP contribution in [-0.2, 0) is 16.8 Å². The topological polar surface area (TPSA) is 93.8 Å². The average Bonchev–Trinajstić information content (AvgIpc) is 2.93. The van der Waals surface area contributed by atoms with E-state index in [-0.39, 0.29) is 12.3 Å². The molecule has 106 valence electrons. The SMILES string of the molecule is Cc1nc(C2(NC(=O)Cc3nnc(C)s3)CCC2)no1. The number of nitrogens with zero attached hydrogens (tertiary/aromatic N) is 4. The summed E-state index contributed by atoms with van der Waals surface area (Å²) in [6.07, 6.45) is 2.97. The lowest BCUT2D eigenvalue weighted by Crippen LogP contribution is -2.52. The maximum absolute atomic E-state index is 12.2. The maximum Gasteiger partial charge on any atom is 0.227 e. The minimum atomic E-state index is -0.464. The predicted molar refractivity (Wildman–Crippen MR) is 71.1 cm³/mol. The number of carbonyl (C=O) groups excluding carboxylic acids is 1. The van der Waals surface area contributed by atoms with Crippen LogP contribution in [0.15, 0.2) is 4.52 Å². The number of hydrogen-bond donors (Lipinski definition) is 1. The molecular formula is C12H15N5O2S. The van der Waals surface area contributed by atoms with Gasteiger partial charge >= 0.3 is 0 Å². The Balaban J connectivity index is 1.70. The van der Waals surface area contributed by atoms with Gasteiger partial charge in [-0.15, -0.1) is 21.5 Å². The van der Waals surface area contributed by atoms with E-state index in [2.05, 4.69) is 25.7 Å². The fraction of sp³-hybridized carbons (Fsp3) is 0.583. The Kier molecular flexibility index (Phi) is 3.25. The molecule has 1 fully saturated rings. The Bertz CT molecular complexity index is 631. The number of aryl methyl sites for hydroxylation is 2. The molecule has 2 aromatic heterocycles. The minimum Gasteiger partial charge on any atom is -0.343 e. The van der Waals surface area contributed by atoms with Crippen LogP contribution in [0, 0.1) is 13.8 Å². The van der Waals surface area contributed by atoms with Crippen LogP contribution in [0.4, 0.5) is 0 Å². The third kappa shape index (κ3) is 2.43. The van der Waals surface area contributed by atoms with Gasteiger partial charge in [-0.05, 0) is 26.2 Å². The molecule has 0 radical (unpaired) electrons. The molecule has 1 aliphatic rings. The Hall–Kier alpha value is -1.83. The minimum absolute atomic E-state index is 0.0803. The van der Waals surface area contributed by atoms with E-state index in [1.54, 1.807) is 6.92 Å². The zero-order valence-electron chi connectivity index (χ0n) is 11.3. The number of hydrogen-bond acceptors (Lipinski definition) is 7. The molecule has 0 bridgehead atoms. The summed E-state index contributed by atoms with van der Waals surface area (Å²) in [6, 6.07) is 0. The van der Waals surface area contributed by atoms with Gasteiger partial charge in [0.25, 0.3) is 0 Å². The van der Waals surface area contributed by atoms with Crippen LogP contribution >= 0.6 is 11.3 Å². The fourth-order valence-electron chi connectivity index (χ4n) is 2.29. The molecule has 1 aliphatic carbocycles. The molecule has 1 saturated carbocycles. The predicted octanol–water partition coefficient (Wildman–Crippen LogP) is 1.28. The van der Waals surface area contributed by atoms with Crippen LogP contribution in [-0.4, -0.2) is 26.2 Å². The number of amides is 1. The summed E-state index contributed by atoms with van der Waals surface area (Å²) in [6.45, 7) is 3.61. The molecular weight excluding hydrogens is 278 g/mol. The molecule has 2 aromatic rings. The molecule has 0 saturated heterocycles. The van der Waals surface area contributed by atoms with Gasteiger partial charge in [0.15, 0.2) is 5.82 Å². The molecule has 0 aliphatic heterocycles. The number of nitrogens with one attached hydrogen (secondary N) is 1. The second kappa shape index (κ2) is 4.93. The highest BCUT2D eigenvalue weighted by atomic mass is 32.1. The highest BCUT2D eigenvalue weighted by molar-refractivity contribution is 7.11. The van der Waals surface area contributed by atoms with E-state index in [4.69, 9.17) is 4.52 Å². The van der Waals surface area contributed by atoms with Crippen molar-refractivity contribution in [2.45, 2.75) is 45.1 Å². The molecule has 0 atom stereocenters. The maximum atomic E-state index is 12.2. The first-order chi connectivity index (χ1) is 9.57. The number of rotatable bonds is 4. The van der Waals surface area contributed by atoms with E-state index in [9.17, 15) is 4.79 Å². The first-order valence-corrected chi connectivity index (χ1v) is 7.30. The van der Waals surface area contributed by atoms with Crippen LogP contribution in [0.25, 0.3) is 0 Å². The zero-order chi connectivity index (χ0) is 14.2. The normalized spacial score (nSPS) is 16.7. The Morgan fingerprint density at radius 3 is 2.70 bits per heavy atom. The largest absolute Gasteiger partial charge is 0.343 e. The molecule has 0 aromatic carbocycles. The van der Waals surface area contributed by atoms with Crippen LogP contribution in [0.3, 0.4) is 0 Å². The average molecular weight is 293 g/mol. The van der Waals surface area contributed by atoms with Crippen molar-refractivity contribution in [2.75, 3.05) is 0 Å². The third-order valence-electron chi connectivity index (χ3n) is 3.42. The van der Waals surface area contributed by atoms with Crippen molar-refractivity contribution in [3.8, 4) is 0 Å². The van der Waals surface area contributed by atoms with Gasteiger partial charge in [0.05, 0.1) is 6.42 Å². The van der Waals surface area contributed by atoms with Crippen molar-refractivity contribution in [3.05, 3.63) is 21.7 Å². The van der Waals surface area contributed by atoms with Crippen LogP contribution in [0.1, 0.15) is 41.0 Å². The van der Waals surface area contributed by atoms with Crippen molar-refractivity contribution >= 4 is 17.2 Å². The lowest BCUT2D eigenvalue weighted by Gasteiger charge is -2.39. The molecule has 8 heteroatoms. The Morgan fingerprint density at radius 1 is 1.40 bits per heavy atom. The van der Waals surface area contributed by atoms with Crippen molar-refractivity contribution in [2.24, 2.45) is 0 Å². The number of aromatic nitrogens is 4. The molecule has 3 rings (SSSR count). The van der Waals surface area contributed by atoms with Gasteiger partial charge in [0, 0.05) is 6.92 Å². The summed E-state index contributed by atoms with van der Waals surface area (Å²) in [5, 5.41) is 16.4. The van der Waals surface area contributed by atoms with E-state index in [0.29, 0.717) is 11.7 Å². The summed E-state index contributed by atoms with van der Waals surface area (Å²) in [5.41, 5.74) is -0.464. The van der Waals surface area contributed by atoms with Crippen molar-refractivity contribution in [3.63, 3.8) is 0 Å². The van der Waals surface area contributed by atoms with Gasteiger partial charge in [-0.3, -0.25) is 4.79 Å². The summed E-state index contributed by atoms with van der Waals surface area (Å²) >= 11 is 1.43. The molecule has 0 unspecified atom stereocenters. The van der Waals surface area contributed by atoms with Gasteiger partial charge < -0.3 is 9.84 Å². The highest BCUT2D eigenvalue weighted by Gasteiger charge is 2.44. The van der Waals surface area contributed by atoms with Crippen LogP contribution in [0.5, 0.6) is 0 Å². The van der Waals surface area contributed by atoms with Crippen molar-refractivity contribution in [1.29, 1.82) is 0 Å². The summed E-state index contributed by atoms with van der Waals surface area (Å²) in [4.78, 5) is 16.4. The smallest absolute Gasteiger partial charge is 0.227 e. The number of carbonyl (C=O) groups is 1. The summed E-state index contributed by atoms with van der Waals surface area (Å²) < 4.78 is 5.02. The molecule has 7 nitrogen and oxygen atoms in total. The fourth-order valence-corrected chi connectivity index (χ4v) is 2.99. The van der Waals surface area contributed by atoms with Crippen molar-refractivity contribution < 1.29 is 9.32 Å². The monoisotopic (exact) mass is 293 g/mol. The summed E-state index contributed by atoms with van der Waals surface area (Å²) in [7, 11) is 0. The molecule has 0 spiro atoms. The van der Waals surface area contributed by atoms with Crippen LogP contribution in [0.2, 0.25) is 0 Å². The molecule has 2 heterocycles. The van der Waals surface area contributed by atoms with E-state index in [1.165, 1.54) is 11.3 Å². The van der Waals surface area contributed by atoms with Gasteiger partial charge in [-0.25, -0.2) is 0 Å². The van der Waals surface area contributed by atoms with Crippen LogP contribution < -0.4 is 5.32 Å². The van der Waals surface area contributed by atoms with Gasteiger partial charge in [-0.1, -0.05) is 5.16 Å². The first-order valence-electron chi connectivity index (χ1n) is 6.48. The zero-order valence-corrected chi connectivity index (χ0v) is 12.2. The molecule has 1 N–H and O–H groups in total. The Morgan fingerprint density at radius 2 is 2.20 bits per heavy atom. The van der Waals surface area contributed by atoms with E-state index in [0.717, 1.165) is 29.3 Å². The lowest BCUT2D eigenvalue weighted by atomic mass is 9.76. The van der Waals surface area contributed by atoms with E-state index >= 15 is 0 Å². The lowest BCUT2D eigenvalue weighted by molar-refractivity contribution is -0.123. The first kappa shape index (κ1) is 13.2. The second-order valence-corrected chi connectivity index (χ2v) is 6.28. The van der Waals surface area contributed by atoms with E-state index < -0.39 is 5.54 Å². The van der Waals surface area contributed by atoms with Gasteiger partial charge in [0.2, 0.25) is 11.8 Å². The summed E-state index contributed by atoms with van der Waals surface area (Å²) in [5.74, 6) is 1.01. The highest BCUT2D eigenvalue weighted by Crippen LogP contribution is 2.39. The third-order valence-corrected chi connectivity index (χ3v) is 4.26. The van der Waals surface area contributed by atoms with Crippen molar-refractivity contribution in [1.82, 2.24) is 25.7 Å². The Labute approximate surface area is 119 Å². The molecule has 1 amide bonds.